The molecule has 0 amide bonds. The number of fused-ring (bicyclic) bond motifs is 2. The van der Waals surface area contributed by atoms with E-state index < -0.39 is 0 Å². The Morgan fingerprint density at radius 1 is 1.17 bits per heavy atom. The van der Waals surface area contributed by atoms with Crippen LogP contribution in [0.3, 0.4) is 0 Å². The summed E-state index contributed by atoms with van der Waals surface area (Å²) in [6.07, 6.45) is 2.13. The van der Waals surface area contributed by atoms with Gasteiger partial charge in [-0.15, -0.1) is 0 Å². The van der Waals surface area contributed by atoms with Gasteiger partial charge in [0.2, 0.25) is 0 Å². The van der Waals surface area contributed by atoms with Crippen LogP contribution >= 0.6 is 0 Å². The Bertz CT molecular complexity index is 504. The third-order valence-electron chi connectivity index (χ3n) is 4.62. The van der Waals surface area contributed by atoms with Crippen LogP contribution in [0, 0.1) is 12.3 Å². The molecular weight excluding hydrogens is 222 g/mol. The van der Waals surface area contributed by atoms with Gasteiger partial charge in [-0.2, -0.15) is 5.48 Å². The van der Waals surface area contributed by atoms with E-state index >= 15 is 0 Å². The van der Waals surface area contributed by atoms with E-state index in [4.69, 9.17) is 4.84 Å². The molecule has 1 saturated heterocycles. The molecule has 0 bridgehead atoms. The van der Waals surface area contributed by atoms with E-state index in [2.05, 4.69) is 58.3 Å². The number of hydroxylamine groups is 1. The molecule has 98 valence electrons. The van der Waals surface area contributed by atoms with Crippen molar-refractivity contribution in [3.05, 3.63) is 34.9 Å². The van der Waals surface area contributed by atoms with Gasteiger partial charge in [-0.1, -0.05) is 37.6 Å². The van der Waals surface area contributed by atoms with Crippen molar-refractivity contribution in [2.45, 2.75) is 58.6 Å². The van der Waals surface area contributed by atoms with Crippen LogP contribution in [-0.2, 0) is 16.9 Å². The molecule has 1 aromatic carbocycles. The lowest BCUT2D eigenvalue weighted by Gasteiger charge is -2.37. The van der Waals surface area contributed by atoms with Crippen molar-refractivity contribution in [1.29, 1.82) is 0 Å². The van der Waals surface area contributed by atoms with Crippen LogP contribution < -0.4 is 5.48 Å². The molecule has 3 rings (SSSR count). The molecule has 1 aliphatic carbocycles. The maximum atomic E-state index is 6.16. The highest BCUT2D eigenvalue weighted by Crippen LogP contribution is 2.58. The van der Waals surface area contributed by atoms with E-state index in [1.165, 1.54) is 16.7 Å². The number of hydrogen-bond donors (Lipinski definition) is 1. The molecule has 1 N–H and O–H groups in total. The van der Waals surface area contributed by atoms with Gasteiger partial charge in [0.15, 0.2) is 0 Å². The lowest BCUT2D eigenvalue weighted by atomic mass is 9.71. The maximum Gasteiger partial charge on any atom is 0.122 e. The molecule has 1 aromatic rings. The average Bonchev–Trinajstić information content (AvgIpc) is 2.67. The average molecular weight is 245 g/mol. The van der Waals surface area contributed by atoms with Crippen LogP contribution in [-0.4, -0.2) is 5.54 Å². The summed E-state index contributed by atoms with van der Waals surface area (Å²) < 4.78 is 0. The Balaban J connectivity index is 2.17. The zero-order chi connectivity index (χ0) is 13.2. The molecule has 1 aliphatic heterocycles. The summed E-state index contributed by atoms with van der Waals surface area (Å²) in [5.41, 5.74) is 7.42. The van der Waals surface area contributed by atoms with Crippen LogP contribution in [0.2, 0.25) is 0 Å². The van der Waals surface area contributed by atoms with Crippen LogP contribution in [0.1, 0.15) is 50.8 Å². The van der Waals surface area contributed by atoms with E-state index in [0.29, 0.717) is 0 Å². The van der Waals surface area contributed by atoms with Gasteiger partial charge in [0, 0.05) is 17.4 Å². The lowest BCUT2D eigenvalue weighted by molar-refractivity contribution is -0.124. The Morgan fingerprint density at radius 3 is 2.50 bits per heavy atom. The van der Waals surface area contributed by atoms with Crippen molar-refractivity contribution in [2.75, 3.05) is 0 Å². The van der Waals surface area contributed by atoms with Crippen molar-refractivity contribution in [3.63, 3.8) is 0 Å². The normalized spacial score (nSPS) is 31.8. The third kappa shape index (κ3) is 1.49. The molecule has 2 aliphatic rings. The van der Waals surface area contributed by atoms with Crippen molar-refractivity contribution < 1.29 is 4.84 Å². The summed E-state index contributed by atoms with van der Waals surface area (Å²) in [7, 11) is 0. The minimum atomic E-state index is -0.169. The number of aryl methyl sites for hydroxylation is 1. The topological polar surface area (TPSA) is 21.3 Å². The minimum Gasteiger partial charge on any atom is -0.289 e. The predicted molar refractivity (Wildman–Crippen MR) is 73.3 cm³/mol. The first-order chi connectivity index (χ1) is 8.26. The number of rotatable bonds is 0. The fourth-order valence-corrected chi connectivity index (χ4v) is 3.65. The number of benzene rings is 1. The second kappa shape index (κ2) is 3.37. The van der Waals surface area contributed by atoms with Crippen LogP contribution in [0.25, 0.3) is 0 Å². The molecule has 1 spiro atoms. The standard InChI is InChI=1S/C16H23NO/c1-11-6-7-12-9-14(2,3)16(13(12)8-11)10-15(4,5)17-18-16/h6-8,17H,9-10H2,1-5H3. The van der Waals surface area contributed by atoms with Crippen molar-refractivity contribution in [1.82, 2.24) is 5.48 Å². The van der Waals surface area contributed by atoms with Crippen LogP contribution in [0.5, 0.6) is 0 Å². The van der Waals surface area contributed by atoms with Gasteiger partial charge in [0.1, 0.15) is 5.60 Å². The lowest BCUT2D eigenvalue weighted by Crippen LogP contribution is -2.39. The van der Waals surface area contributed by atoms with Gasteiger partial charge < -0.3 is 0 Å². The second-order valence-corrected chi connectivity index (χ2v) is 7.31. The van der Waals surface area contributed by atoms with E-state index in [9.17, 15) is 0 Å². The summed E-state index contributed by atoms with van der Waals surface area (Å²) in [6.45, 7) is 11.2. The van der Waals surface area contributed by atoms with Crippen molar-refractivity contribution in [3.8, 4) is 0 Å². The maximum absolute atomic E-state index is 6.16. The first-order valence-electron chi connectivity index (χ1n) is 6.81. The summed E-state index contributed by atoms with van der Waals surface area (Å²) in [6, 6.07) is 6.80. The van der Waals surface area contributed by atoms with Crippen LogP contribution in [0.4, 0.5) is 0 Å². The molecular formula is C16H23NO. The first kappa shape index (κ1) is 12.2. The SMILES string of the molecule is Cc1ccc2c(c1)C1(CC(C)(C)NO1)C(C)(C)C2. The molecule has 0 aromatic heterocycles. The zero-order valence-corrected chi connectivity index (χ0v) is 12.1. The summed E-state index contributed by atoms with van der Waals surface area (Å²) >= 11 is 0. The fraction of sp³-hybridized carbons (Fsp3) is 0.625. The summed E-state index contributed by atoms with van der Waals surface area (Å²) in [5, 5.41) is 0. The van der Waals surface area contributed by atoms with Crippen molar-refractivity contribution >= 4 is 0 Å². The van der Waals surface area contributed by atoms with E-state index in [1.54, 1.807) is 0 Å². The molecule has 0 saturated carbocycles. The van der Waals surface area contributed by atoms with Gasteiger partial charge in [-0.25, -0.2) is 0 Å². The summed E-state index contributed by atoms with van der Waals surface area (Å²) in [4.78, 5) is 6.16. The number of hydrogen-bond acceptors (Lipinski definition) is 2. The molecule has 18 heavy (non-hydrogen) atoms. The molecule has 2 heteroatoms. The molecule has 1 atom stereocenters. The Kier molecular flexibility index (Phi) is 2.28. The highest BCUT2D eigenvalue weighted by molar-refractivity contribution is 5.44. The second-order valence-electron chi connectivity index (χ2n) is 7.31. The van der Waals surface area contributed by atoms with Crippen LogP contribution in [0.15, 0.2) is 18.2 Å². The highest BCUT2D eigenvalue weighted by Gasteiger charge is 2.59. The minimum absolute atomic E-state index is 0.0443. The van der Waals surface area contributed by atoms with E-state index in [0.717, 1.165) is 12.8 Å². The van der Waals surface area contributed by atoms with Gasteiger partial charge in [0.05, 0.1) is 0 Å². The smallest absolute Gasteiger partial charge is 0.122 e. The van der Waals surface area contributed by atoms with E-state index in [1.807, 2.05) is 0 Å². The predicted octanol–water partition coefficient (Wildman–Crippen LogP) is 3.48. The Morgan fingerprint density at radius 2 is 1.89 bits per heavy atom. The molecule has 1 fully saturated rings. The Labute approximate surface area is 110 Å². The van der Waals surface area contributed by atoms with E-state index in [-0.39, 0.29) is 16.6 Å². The molecule has 0 radical (unpaired) electrons. The van der Waals surface area contributed by atoms with Gasteiger partial charge in [0.25, 0.3) is 0 Å². The first-order valence-corrected chi connectivity index (χ1v) is 6.81. The zero-order valence-electron chi connectivity index (χ0n) is 12.1. The van der Waals surface area contributed by atoms with Gasteiger partial charge in [-0.3, -0.25) is 4.84 Å². The molecule has 2 nitrogen and oxygen atoms in total. The highest BCUT2D eigenvalue weighted by atomic mass is 16.7. The quantitative estimate of drug-likeness (QED) is 0.755. The molecule has 1 heterocycles. The largest absolute Gasteiger partial charge is 0.289 e. The fourth-order valence-electron chi connectivity index (χ4n) is 3.65. The van der Waals surface area contributed by atoms with Gasteiger partial charge >= 0.3 is 0 Å². The summed E-state index contributed by atoms with van der Waals surface area (Å²) in [5.74, 6) is 0. The van der Waals surface area contributed by atoms with Crippen molar-refractivity contribution in [2.24, 2.45) is 5.41 Å². The molecule has 1 unspecified atom stereocenters. The Hall–Kier alpha value is -0.860. The monoisotopic (exact) mass is 245 g/mol. The van der Waals surface area contributed by atoms with Gasteiger partial charge in [-0.05, 0) is 38.3 Å². The number of nitrogens with one attached hydrogen (secondary N) is 1. The third-order valence-corrected chi connectivity index (χ3v) is 4.62.